The monoisotopic (exact) mass is 435 g/mol. The summed E-state index contributed by atoms with van der Waals surface area (Å²) in [5, 5.41) is 15.3. The minimum Gasteiger partial charge on any atom is -0.324 e. The first-order valence-corrected chi connectivity index (χ1v) is 11.3. The molecule has 2 N–H and O–H groups in total. The molecule has 0 radical (unpaired) electrons. The molecule has 7 nitrogen and oxygen atoms in total. The highest BCUT2D eigenvalue weighted by atomic mass is 32.1. The van der Waals surface area contributed by atoms with Gasteiger partial charge in [-0.25, -0.2) is 4.79 Å². The molecule has 1 fully saturated rings. The molecule has 1 aliphatic heterocycles. The molecule has 1 aromatic heterocycles. The maximum atomic E-state index is 12.6. The van der Waals surface area contributed by atoms with Crippen molar-refractivity contribution in [3.63, 3.8) is 0 Å². The van der Waals surface area contributed by atoms with Crippen LogP contribution >= 0.6 is 11.3 Å². The Hall–Kier alpha value is -3.26. The van der Waals surface area contributed by atoms with Gasteiger partial charge < -0.3 is 15.5 Å². The Morgan fingerprint density at radius 3 is 2.32 bits per heavy atom. The predicted molar refractivity (Wildman–Crippen MR) is 123 cm³/mol. The zero-order valence-electron chi connectivity index (χ0n) is 17.4. The van der Waals surface area contributed by atoms with E-state index >= 15 is 0 Å². The molecule has 0 atom stereocenters. The number of piperidine rings is 1. The molecule has 0 unspecified atom stereocenters. The van der Waals surface area contributed by atoms with E-state index in [1.54, 1.807) is 0 Å². The molecule has 31 heavy (non-hydrogen) atoms. The van der Waals surface area contributed by atoms with Crippen LogP contribution in [-0.4, -0.2) is 40.1 Å². The number of aromatic nitrogens is 2. The minimum atomic E-state index is -0.249. The molecule has 4 rings (SSSR count). The summed E-state index contributed by atoms with van der Waals surface area (Å²) in [6, 6.07) is 17.1. The number of amides is 3. The van der Waals surface area contributed by atoms with Crippen molar-refractivity contribution in [2.24, 2.45) is 0 Å². The van der Waals surface area contributed by atoms with Crippen LogP contribution in [0.4, 0.5) is 16.2 Å². The Bertz CT molecular complexity index is 1030. The van der Waals surface area contributed by atoms with E-state index in [0.29, 0.717) is 18.1 Å². The average molecular weight is 436 g/mol. The number of rotatable bonds is 5. The van der Waals surface area contributed by atoms with E-state index in [1.807, 2.05) is 59.5 Å². The molecule has 3 amide bonds. The van der Waals surface area contributed by atoms with Gasteiger partial charge in [-0.05, 0) is 49.1 Å². The standard InChI is InChI=1S/C23H25N5O2S/c1-2-16-8-10-19(11-9-16)25-23(30)28-14-12-17(13-15-28)21-26-27-22(31-21)20(29)24-18-6-4-3-5-7-18/h3-11,17H,2,12-15H2,1H3,(H,24,29)(H,25,30). The van der Waals surface area contributed by atoms with Gasteiger partial charge in [0.25, 0.3) is 5.91 Å². The number of hydrogen-bond donors (Lipinski definition) is 2. The normalized spacial score (nSPS) is 14.3. The molecule has 0 spiro atoms. The van der Waals surface area contributed by atoms with Crippen LogP contribution in [0.25, 0.3) is 0 Å². The van der Waals surface area contributed by atoms with Crippen molar-refractivity contribution in [1.29, 1.82) is 0 Å². The summed E-state index contributed by atoms with van der Waals surface area (Å²) < 4.78 is 0. The minimum absolute atomic E-state index is 0.0807. The number of urea groups is 1. The molecule has 2 aromatic carbocycles. The Morgan fingerprint density at radius 1 is 0.968 bits per heavy atom. The Kier molecular flexibility index (Phi) is 6.57. The van der Waals surface area contributed by atoms with Crippen molar-refractivity contribution in [2.45, 2.75) is 32.1 Å². The molecule has 2 heterocycles. The molecule has 0 aliphatic carbocycles. The summed E-state index contributed by atoms with van der Waals surface area (Å²) >= 11 is 1.33. The number of benzene rings is 2. The van der Waals surface area contributed by atoms with E-state index in [4.69, 9.17) is 0 Å². The van der Waals surface area contributed by atoms with Crippen LogP contribution in [0.3, 0.4) is 0 Å². The maximum Gasteiger partial charge on any atom is 0.321 e. The topological polar surface area (TPSA) is 87.2 Å². The van der Waals surface area contributed by atoms with Gasteiger partial charge in [0.15, 0.2) is 0 Å². The molecule has 3 aromatic rings. The summed E-state index contributed by atoms with van der Waals surface area (Å²) in [5.41, 5.74) is 2.78. The number of carbonyl (C=O) groups excluding carboxylic acids is 2. The lowest BCUT2D eigenvalue weighted by molar-refractivity contribution is 0.102. The average Bonchev–Trinajstić information content (AvgIpc) is 3.31. The first-order valence-electron chi connectivity index (χ1n) is 10.5. The number of nitrogens with zero attached hydrogens (tertiary/aromatic N) is 3. The number of anilines is 2. The SMILES string of the molecule is CCc1ccc(NC(=O)N2CCC(c3nnc(C(=O)Nc4ccccc4)s3)CC2)cc1. The van der Waals surface area contributed by atoms with Crippen LogP contribution in [0.1, 0.15) is 46.1 Å². The second kappa shape index (κ2) is 9.70. The van der Waals surface area contributed by atoms with Crippen LogP contribution < -0.4 is 10.6 Å². The van der Waals surface area contributed by atoms with Gasteiger partial charge in [0.2, 0.25) is 5.01 Å². The molecule has 1 saturated heterocycles. The van der Waals surface area contributed by atoms with Gasteiger partial charge in [0.1, 0.15) is 5.01 Å². The Morgan fingerprint density at radius 2 is 1.65 bits per heavy atom. The number of carbonyl (C=O) groups is 2. The molecule has 160 valence electrons. The molecular formula is C23H25N5O2S. The van der Waals surface area contributed by atoms with Crippen molar-refractivity contribution >= 4 is 34.6 Å². The van der Waals surface area contributed by atoms with Crippen LogP contribution in [0.2, 0.25) is 0 Å². The van der Waals surface area contributed by atoms with E-state index in [0.717, 1.165) is 35.6 Å². The van der Waals surface area contributed by atoms with E-state index in [2.05, 4.69) is 27.8 Å². The van der Waals surface area contributed by atoms with Crippen molar-refractivity contribution < 1.29 is 9.59 Å². The highest BCUT2D eigenvalue weighted by molar-refractivity contribution is 7.13. The van der Waals surface area contributed by atoms with Crippen LogP contribution in [0.15, 0.2) is 54.6 Å². The Balaban J connectivity index is 1.29. The quantitative estimate of drug-likeness (QED) is 0.605. The van der Waals surface area contributed by atoms with E-state index < -0.39 is 0 Å². The summed E-state index contributed by atoms with van der Waals surface area (Å²) in [5.74, 6) is -0.0375. The third kappa shape index (κ3) is 5.27. The molecule has 0 bridgehead atoms. The van der Waals surface area contributed by atoms with Gasteiger partial charge in [-0.15, -0.1) is 10.2 Å². The largest absolute Gasteiger partial charge is 0.324 e. The first kappa shape index (κ1) is 21.0. The fraction of sp³-hybridized carbons (Fsp3) is 0.304. The summed E-state index contributed by atoms with van der Waals surface area (Å²) in [6.45, 7) is 3.40. The van der Waals surface area contributed by atoms with Crippen molar-refractivity contribution in [3.8, 4) is 0 Å². The van der Waals surface area contributed by atoms with Gasteiger partial charge in [0.05, 0.1) is 0 Å². The lowest BCUT2D eigenvalue weighted by Crippen LogP contribution is -2.40. The lowest BCUT2D eigenvalue weighted by Gasteiger charge is -2.31. The van der Waals surface area contributed by atoms with E-state index in [9.17, 15) is 9.59 Å². The second-order valence-corrected chi connectivity index (χ2v) is 8.52. The van der Waals surface area contributed by atoms with Crippen LogP contribution in [0, 0.1) is 0 Å². The zero-order valence-corrected chi connectivity index (χ0v) is 18.2. The lowest BCUT2D eigenvalue weighted by atomic mass is 9.98. The smallest absolute Gasteiger partial charge is 0.321 e. The van der Waals surface area contributed by atoms with Gasteiger partial charge in [-0.1, -0.05) is 48.6 Å². The number of likely N-dealkylation sites (tertiary alicyclic amines) is 1. The second-order valence-electron chi connectivity index (χ2n) is 7.51. The van der Waals surface area contributed by atoms with Crippen molar-refractivity contribution in [1.82, 2.24) is 15.1 Å². The highest BCUT2D eigenvalue weighted by Crippen LogP contribution is 2.30. The maximum absolute atomic E-state index is 12.6. The summed E-state index contributed by atoms with van der Waals surface area (Å²) in [6.07, 6.45) is 2.58. The van der Waals surface area contributed by atoms with Crippen LogP contribution in [0.5, 0.6) is 0 Å². The fourth-order valence-corrected chi connectivity index (χ4v) is 4.46. The first-order chi connectivity index (χ1) is 15.1. The highest BCUT2D eigenvalue weighted by Gasteiger charge is 2.27. The van der Waals surface area contributed by atoms with Crippen molar-refractivity contribution in [3.05, 3.63) is 70.2 Å². The number of hydrogen-bond acceptors (Lipinski definition) is 5. The van der Waals surface area contributed by atoms with Gasteiger partial charge in [0, 0.05) is 30.4 Å². The molecule has 0 saturated carbocycles. The van der Waals surface area contributed by atoms with Crippen molar-refractivity contribution in [2.75, 3.05) is 23.7 Å². The van der Waals surface area contributed by atoms with Gasteiger partial charge >= 0.3 is 6.03 Å². The number of aryl methyl sites for hydroxylation is 1. The number of para-hydroxylation sites is 1. The van der Waals surface area contributed by atoms with E-state index in [-0.39, 0.29) is 17.9 Å². The fourth-order valence-electron chi connectivity index (χ4n) is 3.55. The Labute approximate surface area is 185 Å². The third-order valence-electron chi connectivity index (χ3n) is 5.41. The summed E-state index contributed by atoms with van der Waals surface area (Å²) in [4.78, 5) is 26.8. The third-order valence-corrected chi connectivity index (χ3v) is 6.50. The molecular weight excluding hydrogens is 410 g/mol. The van der Waals surface area contributed by atoms with E-state index in [1.165, 1.54) is 16.9 Å². The predicted octanol–water partition coefficient (Wildman–Crippen LogP) is 4.76. The van der Waals surface area contributed by atoms with Gasteiger partial charge in [-0.3, -0.25) is 4.79 Å². The van der Waals surface area contributed by atoms with Crippen LogP contribution in [-0.2, 0) is 6.42 Å². The molecule has 8 heteroatoms. The summed E-state index contributed by atoms with van der Waals surface area (Å²) in [7, 11) is 0. The zero-order chi connectivity index (χ0) is 21.6. The van der Waals surface area contributed by atoms with Gasteiger partial charge in [-0.2, -0.15) is 0 Å². The molecule has 1 aliphatic rings. The number of nitrogens with one attached hydrogen (secondary N) is 2.